The van der Waals surface area contributed by atoms with Crippen molar-refractivity contribution in [3.63, 3.8) is 0 Å². The van der Waals surface area contributed by atoms with Gasteiger partial charge >= 0.3 is 0 Å². The number of carbonyl (C=O) groups excluding carboxylic acids is 1. The van der Waals surface area contributed by atoms with Crippen LogP contribution in [0.4, 0.5) is 5.69 Å². The Labute approximate surface area is 104 Å². The molecule has 5 nitrogen and oxygen atoms in total. The molecule has 17 heavy (non-hydrogen) atoms. The van der Waals surface area contributed by atoms with Crippen LogP contribution in [0.2, 0.25) is 5.02 Å². The van der Waals surface area contributed by atoms with Crippen molar-refractivity contribution in [2.75, 3.05) is 5.32 Å². The molecule has 0 saturated carbocycles. The fourth-order valence-electron chi connectivity index (χ4n) is 1.22. The minimum absolute atomic E-state index is 0.0783. The lowest BCUT2D eigenvalue weighted by Gasteiger charge is -2.10. The second-order valence-corrected chi connectivity index (χ2v) is 3.79. The molecule has 1 aromatic rings. The van der Waals surface area contributed by atoms with Crippen LogP contribution in [0.25, 0.3) is 0 Å². The minimum Gasteiger partial charge on any atom is -0.384 e. The summed E-state index contributed by atoms with van der Waals surface area (Å²) in [5, 5.41) is 12.0. The van der Waals surface area contributed by atoms with E-state index in [9.17, 15) is 4.79 Å². The average molecular weight is 251 g/mol. The zero-order chi connectivity index (χ0) is 13.0. The normalized spacial score (nSPS) is 11.4. The Kier molecular flexibility index (Phi) is 3.96. The van der Waals surface area contributed by atoms with Crippen LogP contribution in [0, 0.1) is 18.3 Å². The molecule has 0 aliphatic carbocycles. The third kappa shape index (κ3) is 3.13. The molecule has 0 atom stereocenters. The first kappa shape index (κ1) is 12.9. The molecule has 1 amide bonds. The van der Waals surface area contributed by atoms with E-state index < -0.39 is 5.91 Å². The Bertz CT molecular complexity index is 531. The van der Waals surface area contributed by atoms with Gasteiger partial charge in [-0.25, -0.2) is 0 Å². The molecule has 1 rings (SSSR count). The Hall–Kier alpha value is -2.19. The molecular formula is C11H11ClN4O. The van der Waals surface area contributed by atoms with E-state index in [1.807, 2.05) is 6.92 Å². The Morgan fingerprint density at radius 1 is 1.47 bits per heavy atom. The molecule has 0 heterocycles. The molecule has 0 unspecified atom stereocenters. The highest BCUT2D eigenvalue weighted by Gasteiger charge is 2.10. The number of primary amides is 1. The van der Waals surface area contributed by atoms with Gasteiger partial charge in [0.15, 0.2) is 5.57 Å². The summed E-state index contributed by atoms with van der Waals surface area (Å²) in [5.41, 5.74) is 11.8. The number of amides is 1. The van der Waals surface area contributed by atoms with Crippen molar-refractivity contribution >= 4 is 23.2 Å². The van der Waals surface area contributed by atoms with Crippen molar-refractivity contribution in [3.8, 4) is 6.07 Å². The molecule has 1 aromatic carbocycles. The molecule has 0 aromatic heterocycles. The predicted octanol–water partition coefficient (Wildman–Crippen LogP) is 1.24. The summed E-state index contributed by atoms with van der Waals surface area (Å²) in [5.74, 6) is -0.950. The number of hydrogen-bond donors (Lipinski definition) is 3. The van der Waals surface area contributed by atoms with E-state index >= 15 is 0 Å². The highest BCUT2D eigenvalue weighted by atomic mass is 35.5. The standard InChI is InChI=1S/C11H11ClN4O/c1-6-4-7(12)2-3-9(6)16-10(14)8(5-13)11(15)17/h2-4,16H,14H2,1H3,(H2,15,17)/b10-8-. The number of nitrogens with zero attached hydrogens (tertiary/aromatic N) is 1. The maximum atomic E-state index is 10.9. The highest BCUT2D eigenvalue weighted by molar-refractivity contribution is 6.30. The van der Waals surface area contributed by atoms with Crippen LogP contribution in [0.3, 0.4) is 0 Å². The molecule has 0 saturated heterocycles. The largest absolute Gasteiger partial charge is 0.384 e. The van der Waals surface area contributed by atoms with Gasteiger partial charge in [-0.1, -0.05) is 11.6 Å². The summed E-state index contributed by atoms with van der Waals surface area (Å²) < 4.78 is 0. The van der Waals surface area contributed by atoms with Crippen LogP contribution in [0.15, 0.2) is 29.6 Å². The van der Waals surface area contributed by atoms with E-state index in [2.05, 4.69) is 5.32 Å². The number of hydrogen-bond acceptors (Lipinski definition) is 4. The predicted molar refractivity (Wildman–Crippen MR) is 65.8 cm³/mol. The SMILES string of the molecule is Cc1cc(Cl)ccc1N/C(N)=C(/C#N)C(N)=O. The number of rotatable bonds is 3. The smallest absolute Gasteiger partial charge is 0.263 e. The molecule has 0 spiro atoms. The van der Waals surface area contributed by atoms with Crippen LogP contribution in [-0.2, 0) is 4.79 Å². The summed E-state index contributed by atoms with van der Waals surface area (Å²) in [6, 6.07) is 6.74. The van der Waals surface area contributed by atoms with Gasteiger partial charge in [-0.2, -0.15) is 5.26 Å². The molecule has 5 N–H and O–H groups in total. The Balaban J connectivity index is 3.07. The summed E-state index contributed by atoms with van der Waals surface area (Å²) >= 11 is 5.80. The van der Waals surface area contributed by atoms with Crippen LogP contribution in [0.5, 0.6) is 0 Å². The van der Waals surface area contributed by atoms with Crippen molar-refractivity contribution < 1.29 is 4.79 Å². The average Bonchev–Trinajstić information content (AvgIpc) is 2.22. The maximum absolute atomic E-state index is 10.9. The van der Waals surface area contributed by atoms with Gasteiger partial charge in [-0.3, -0.25) is 4.79 Å². The lowest BCUT2D eigenvalue weighted by Crippen LogP contribution is -2.22. The van der Waals surface area contributed by atoms with Gasteiger partial charge in [-0.05, 0) is 30.7 Å². The monoisotopic (exact) mass is 250 g/mol. The molecule has 0 aliphatic heterocycles. The molecule has 6 heteroatoms. The molecular weight excluding hydrogens is 240 g/mol. The van der Waals surface area contributed by atoms with Gasteiger partial charge in [0.2, 0.25) is 0 Å². The lowest BCUT2D eigenvalue weighted by atomic mass is 10.2. The number of halogens is 1. The van der Waals surface area contributed by atoms with E-state index in [0.29, 0.717) is 10.7 Å². The van der Waals surface area contributed by atoms with Crippen molar-refractivity contribution in [1.82, 2.24) is 0 Å². The zero-order valence-corrected chi connectivity index (χ0v) is 9.88. The van der Waals surface area contributed by atoms with Gasteiger partial charge < -0.3 is 16.8 Å². The van der Waals surface area contributed by atoms with Gasteiger partial charge in [0.1, 0.15) is 11.9 Å². The summed E-state index contributed by atoms with van der Waals surface area (Å²) in [6.45, 7) is 1.82. The topological polar surface area (TPSA) is 105 Å². The number of aryl methyl sites for hydroxylation is 1. The fourth-order valence-corrected chi connectivity index (χ4v) is 1.45. The van der Waals surface area contributed by atoms with E-state index in [1.54, 1.807) is 24.3 Å². The molecule has 0 aliphatic rings. The van der Waals surface area contributed by atoms with Gasteiger partial charge in [0.25, 0.3) is 5.91 Å². The van der Waals surface area contributed by atoms with Crippen LogP contribution in [-0.4, -0.2) is 5.91 Å². The molecule has 88 valence electrons. The number of nitrogens with two attached hydrogens (primary N) is 2. The van der Waals surface area contributed by atoms with Crippen LogP contribution in [0.1, 0.15) is 5.56 Å². The minimum atomic E-state index is -0.871. The fraction of sp³-hybridized carbons (Fsp3) is 0.0909. The summed E-state index contributed by atoms with van der Waals surface area (Å²) in [6.07, 6.45) is 0. The van der Waals surface area contributed by atoms with Gasteiger partial charge in [0, 0.05) is 10.7 Å². The van der Waals surface area contributed by atoms with E-state index in [0.717, 1.165) is 5.56 Å². The second kappa shape index (κ2) is 5.23. The van der Waals surface area contributed by atoms with Gasteiger partial charge in [0.05, 0.1) is 0 Å². The first-order valence-electron chi connectivity index (χ1n) is 4.68. The zero-order valence-electron chi connectivity index (χ0n) is 9.12. The number of anilines is 1. The lowest BCUT2D eigenvalue weighted by molar-refractivity contribution is -0.114. The third-order valence-electron chi connectivity index (χ3n) is 2.09. The number of nitrogens with one attached hydrogen (secondary N) is 1. The molecule has 0 fully saturated rings. The number of carbonyl (C=O) groups is 1. The first-order valence-corrected chi connectivity index (χ1v) is 5.06. The summed E-state index contributed by atoms with van der Waals surface area (Å²) in [4.78, 5) is 10.9. The van der Waals surface area contributed by atoms with Crippen molar-refractivity contribution in [1.29, 1.82) is 5.26 Å². The van der Waals surface area contributed by atoms with E-state index in [1.165, 1.54) is 0 Å². The first-order chi connectivity index (χ1) is 7.95. The van der Waals surface area contributed by atoms with Crippen molar-refractivity contribution in [2.24, 2.45) is 11.5 Å². The number of benzene rings is 1. The van der Waals surface area contributed by atoms with E-state index in [-0.39, 0.29) is 11.4 Å². The van der Waals surface area contributed by atoms with Crippen LogP contribution < -0.4 is 16.8 Å². The third-order valence-corrected chi connectivity index (χ3v) is 2.32. The van der Waals surface area contributed by atoms with Gasteiger partial charge in [-0.15, -0.1) is 0 Å². The quantitative estimate of drug-likeness (QED) is 0.554. The maximum Gasteiger partial charge on any atom is 0.263 e. The van der Waals surface area contributed by atoms with Crippen LogP contribution >= 0.6 is 11.6 Å². The van der Waals surface area contributed by atoms with Crippen molar-refractivity contribution in [2.45, 2.75) is 6.92 Å². The van der Waals surface area contributed by atoms with Crippen molar-refractivity contribution in [3.05, 3.63) is 40.2 Å². The molecule has 0 radical (unpaired) electrons. The number of nitriles is 1. The Morgan fingerprint density at radius 3 is 2.59 bits per heavy atom. The summed E-state index contributed by atoms with van der Waals surface area (Å²) in [7, 11) is 0. The second-order valence-electron chi connectivity index (χ2n) is 3.35. The van der Waals surface area contributed by atoms with E-state index in [4.69, 9.17) is 28.3 Å². The Morgan fingerprint density at radius 2 is 2.12 bits per heavy atom. The molecule has 0 bridgehead atoms. The highest BCUT2D eigenvalue weighted by Crippen LogP contribution is 2.20.